The molecule has 2 bridgehead atoms. The molecular weight excluding hydrogens is 587 g/mol. The molecule has 0 saturated carbocycles. The molecule has 2 aliphatic rings. The Hall–Kier alpha value is -4.81. The number of nitrogens with one attached hydrogen (secondary N) is 2. The zero-order valence-corrected chi connectivity index (χ0v) is 25.3. The van der Waals surface area contributed by atoms with E-state index in [0.29, 0.717) is 34.9 Å². The van der Waals surface area contributed by atoms with Crippen molar-refractivity contribution in [2.24, 2.45) is 10.7 Å². The maximum Gasteiger partial charge on any atom is 0.416 e. The maximum atomic E-state index is 13.7. The monoisotopic (exact) mass is 623 g/mol. The minimum absolute atomic E-state index is 0.146. The van der Waals surface area contributed by atoms with Crippen molar-refractivity contribution >= 4 is 35.2 Å². The highest BCUT2D eigenvalue weighted by Crippen LogP contribution is 2.40. The number of fused-ring (bicyclic) bond motifs is 4. The fourth-order valence-corrected chi connectivity index (χ4v) is 5.35. The van der Waals surface area contributed by atoms with Crippen LogP contribution in [0.3, 0.4) is 0 Å². The number of amides is 3. The normalized spacial score (nSPS) is 16.6. The first-order chi connectivity index (χ1) is 21.3. The Morgan fingerprint density at radius 2 is 1.84 bits per heavy atom. The van der Waals surface area contributed by atoms with Gasteiger partial charge in [0.15, 0.2) is 5.82 Å². The summed E-state index contributed by atoms with van der Waals surface area (Å²) in [6, 6.07) is 14.9. The molecule has 0 radical (unpaired) electrons. The van der Waals surface area contributed by atoms with E-state index in [0.717, 1.165) is 37.2 Å². The lowest BCUT2D eigenvalue weighted by Crippen LogP contribution is -2.56. The van der Waals surface area contributed by atoms with Crippen LogP contribution in [0.4, 0.5) is 40.0 Å². The van der Waals surface area contributed by atoms with Crippen molar-refractivity contribution in [3.05, 3.63) is 71.8 Å². The Morgan fingerprint density at radius 1 is 1.09 bits per heavy atom. The zero-order chi connectivity index (χ0) is 32.4. The molecule has 1 aromatic heterocycles. The first kappa shape index (κ1) is 31.6. The van der Waals surface area contributed by atoms with Gasteiger partial charge in [-0.25, -0.2) is 14.6 Å². The highest BCUT2D eigenvalue weighted by molar-refractivity contribution is 6.05. The van der Waals surface area contributed by atoms with Crippen molar-refractivity contribution in [1.82, 2.24) is 10.3 Å². The number of carbonyl (C=O) groups is 2. The number of alkyl halides is 3. The number of benzene rings is 2. The fraction of sp³-hybridized carbons (Fsp3) is 0.375. The molecule has 3 amide bonds. The van der Waals surface area contributed by atoms with E-state index in [4.69, 9.17) is 15.5 Å². The number of aliphatic imine (C=N–C) groups is 1. The van der Waals surface area contributed by atoms with Gasteiger partial charge in [0.1, 0.15) is 11.4 Å². The third kappa shape index (κ3) is 7.65. The van der Waals surface area contributed by atoms with Crippen LogP contribution in [0.2, 0.25) is 0 Å². The lowest BCUT2D eigenvalue weighted by Gasteiger charge is -2.45. The molecule has 2 aliphatic heterocycles. The van der Waals surface area contributed by atoms with Gasteiger partial charge in [-0.2, -0.15) is 13.2 Å². The van der Waals surface area contributed by atoms with E-state index in [9.17, 15) is 22.8 Å². The smallest absolute Gasteiger partial charge is 0.416 e. The number of pyridine rings is 1. The lowest BCUT2D eigenvalue weighted by atomic mass is 9.99. The van der Waals surface area contributed by atoms with Gasteiger partial charge in [-0.05, 0) is 82.1 Å². The van der Waals surface area contributed by atoms with Crippen LogP contribution in [0.25, 0.3) is 11.3 Å². The third-order valence-corrected chi connectivity index (χ3v) is 7.38. The minimum Gasteiger partial charge on any atom is -0.444 e. The molecule has 45 heavy (non-hydrogen) atoms. The van der Waals surface area contributed by atoms with E-state index >= 15 is 0 Å². The maximum absolute atomic E-state index is 13.7. The van der Waals surface area contributed by atoms with Gasteiger partial charge in [0.25, 0.3) is 0 Å². The van der Waals surface area contributed by atoms with Crippen molar-refractivity contribution in [3.63, 3.8) is 0 Å². The first-order valence-corrected chi connectivity index (χ1v) is 14.7. The first-order valence-electron chi connectivity index (χ1n) is 14.7. The molecule has 3 heterocycles. The number of anilines is 3. The average molecular weight is 624 g/mol. The Kier molecular flexibility index (Phi) is 8.89. The Balaban J connectivity index is 1.30. The Morgan fingerprint density at radius 3 is 2.56 bits per heavy atom. The summed E-state index contributed by atoms with van der Waals surface area (Å²) in [6.07, 6.45) is -3.35. The number of urea groups is 1. The highest BCUT2D eigenvalue weighted by Gasteiger charge is 2.38. The quantitative estimate of drug-likeness (QED) is 0.175. The van der Waals surface area contributed by atoms with E-state index in [1.165, 1.54) is 6.07 Å². The molecule has 238 valence electrons. The predicted octanol–water partition coefficient (Wildman–Crippen LogP) is 6.02. The second-order valence-electron chi connectivity index (χ2n) is 11.9. The van der Waals surface area contributed by atoms with Gasteiger partial charge in [0, 0.05) is 36.4 Å². The highest BCUT2D eigenvalue weighted by atomic mass is 19.4. The number of alkyl carbamates (subject to hydrolysis) is 1. The fourth-order valence-electron chi connectivity index (χ4n) is 5.35. The van der Waals surface area contributed by atoms with E-state index in [1.54, 1.807) is 62.1 Å². The summed E-state index contributed by atoms with van der Waals surface area (Å²) in [6.45, 7) is 7.29. The molecule has 4 N–H and O–H groups in total. The SMILES string of the molecule is CC(C)(C)OC(=O)NCCN=C(N)c1ccc(NC(=O)N2c3nc(-c4cccc(C(F)(F)F)c4)ccc3N3CCC[C@H]2C3)cc1. The molecule has 1 atom stereocenters. The minimum atomic E-state index is -4.48. The molecule has 2 aromatic carbocycles. The van der Waals surface area contributed by atoms with E-state index in [1.807, 2.05) is 6.07 Å². The molecule has 3 aromatic rings. The zero-order valence-electron chi connectivity index (χ0n) is 25.3. The van der Waals surface area contributed by atoms with Crippen LogP contribution in [-0.2, 0) is 10.9 Å². The summed E-state index contributed by atoms with van der Waals surface area (Å²) in [4.78, 5) is 38.3. The Labute approximate surface area is 259 Å². The number of piperidine rings is 1. The largest absolute Gasteiger partial charge is 0.444 e. The lowest BCUT2D eigenvalue weighted by molar-refractivity contribution is -0.137. The molecule has 0 unspecified atom stereocenters. The number of halogens is 3. The molecular formula is C32H36F3N7O3. The van der Waals surface area contributed by atoms with Crippen LogP contribution in [-0.4, -0.2) is 60.8 Å². The number of carbonyl (C=O) groups excluding carboxylic acids is 2. The number of rotatable bonds is 6. The number of hydrogen-bond acceptors (Lipinski definition) is 6. The van der Waals surface area contributed by atoms with E-state index in [2.05, 4.69) is 20.5 Å². The second kappa shape index (κ2) is 12.7. The third-order valence-electron chi connectivity index (χ3n) is 7.38. The van der Waals surface area contributed by atoms with Crippen molar-refractivity contribution in [2.45, 2.75) is 51.4 Å². The summed E-state index contributed by atoms with van der Waals surface area (Å²) >= 11 is 0. The molecule has 10 nitrogen and oxygen atoms in total. The Bertz CT molecular complexity index is 1590. The second-order valence-corrected chi connectivity index (χ2v) is 11.9. The molecule has 0 aliphatic carbocycles. The van der Waals surface area contributed by atoms with Crippen molar-refractivity contribution in [2.75, 3.05) is 41.3 Å². The molecule has 13 heteroatoms. The van der Waals surface area contributed by atoms with Gasteiger partial charge >= 0.3 is 18.3 Å². The average Bonchev–Trinajstić information content (AvgIpc) is 2.98. The van der Waals surface area contributed by atoms with Crippen LogP contribution in [0.15, 0.2) is 65.7 Å². The van der Waals surface area contributed by atoms with Crippen LogP contribution in [0.5, 0.6) is 0 Å². The number of aromatic nitrogens is 1. The van der Waals surface area contributed by atoms with Crippen LogP contribution in [0.1, 0.15) is 44.7 Å². The summed E-state index contributed by atoms with van der Waals surface area (Å²) in [5.74, 6) is 0.684. The van der Waals surface area contributed by atoms with Crippen LogP contribution in [0, 0.1) is 0 Å². The van der Waals surface area contributed by atoms with Crippen molar-refractivity contribution in [3.8, 4) is 11.3 Å². The standard InChI is InChI=1S/C32H36F3N7O3/c1-31(2,3)45-30(44)38-16-15-37-27(36)20-9-11-23(12-10-20)39-29(43)42-24-8-5-17-41(19-24)26-14-13-25(40-28(26)42)21-6-4-7-22(18-21)32(33,34)35/h4,6-7,9-14,18,24H,5,8,15-17,19H2,1-3H3,(H2,36,37)(H,38,44)(H,39,43)/t24-/m0/s1. The van der Waals surface area contributed by atoms with Gasteiger partial charge in [-0.15, -0.1) is 0 Å². The van der Waals surface area contributed by atoms with E-state index in [-0.39, 0.29) is 31.0 Å². The molecule has 5 rings (SSSR count). The van der Waals surface area contributed by atoms with Gasteiger partial charge in [-0.1, -0.05) is 12.1 Å². The number of nitrogens with two attached hydrogens (primary N) is 1. The molecule has 1 fully saturated rings. The number of amidine groups is 1. The summed E-state index contributed by atoms with van der Waals surface area (Å²) < 4.78 is 45.3. The number of hydrogen-bond donors (Lipinski definition) is 3. The molecule has 0 spiro atoms. The van der Waals surface area contributed by atoms with Crippen LogP contribution >= 0.6 is 0 Å². The summed E-state index contributed by atoms with van der Waals surface area (Å²) in [5, 5.41) is 5.55. The number of ether oxygens (including phenoxy) is 1. The summed E-state index contributed by atoms with van der Waals surface area (Å²) in [7, 11) is 0. The van der Waals surface area contributed by atoms with Crippen LogP contribution < -0.4 is 26.2 Å². The predicted molar refractivity (Wildman–Crippen MR) is 168 cm³/mol. The summed E-state index contributed by atoms with van der Waals surface area (Å²) in [5.41, 5.74) is 7.35. The van der Waals surface area contributed by atoms with Gasteiger partial charge < -0.3 is 26.0 Å². The van der Waals surface area contributed by atoms with Crippen molar-refractivity contribution < 1.29 is 27.5 Å². The van der Waals surface area contributed by atoms with Gasteiger partial charge in [-0.3, -0.25) is 9.89 Å². The van der Waals surface area contributed by atoms with E-state index < -0.39 is 23.4 Å². The number of nitrogens with zero attached hydrogens (tertiary/aromatic N) is 4. The van der Waals surface area contributed by atoms with Gasteiger partial charge in [0.2, 0.25) is 0 Å². The molecule has 1 saturated heterocycles. The van der Waals surface area contributed by atoms with Gasteiger partial charge in [0.05, 0.1) is 29.5 Å². The topological polar surface area (TPSA) is 125 Å². The van der Waals surface area contributed by atoms with Crippen molar-refractivity contribution in [1.29, 1.82) is 0 Å².